The normalized spacial score (nSPS) is 32.4. The highest BCUT2D eigenvalue weighted by molar-refractivity contribution is 5.81. The number of nitrogens with one attached hydrogen (secondary N) is 1. The second kappa shape index (κ2) is 5.53. The van der Waals surface area contributed by atoms with Gasteiger partial charge in [0.25, 0.3) is 5.91 Å². The van der Waals surface area contributed by atoms with Gasteiger partial charge < -0.3 is 14.1 Å². The molecule has 4 rings (SSSR count). The first-order chi connectivity index (χ1) is 10.7. The smallest absolute Gasteiger partial charge is 0.392 e. The Morgan fingerprint density at radius 1 is 1.23 bits per heavy atom. The third-order valence-electron chi connectivity index (χ3n) is 5.45. The monoisotopic (exact) mass is 307 g/mol. The molecule has 7 nitrogen and oxygen atoms in total. The largest absolute Gasteiger partial charge is 0.434 e. The maximum absolute atomic E-state index is 12.7. The predicted molar refractivity (Wildman–Crippen MR) is 76.2 cm³/mol. The molecule has 7 heteroatoms. The number of carbonyl (C=O) groups excluding carboxylic acids is 1. The maximum Gasteiger partial charge on any atom is 0.434 e. The van der Waals surface area contributed by atoms with Crippen LogP contribution in [-0.4, -0.2) is 46.8 Å². The number of ether oxygens (including phenoxy) is 1. The summed E-state index contributed by atoms with van der Waals surface area (Å²) < 4.78 is 10.8. The van der Waals surface area contributed by atoms with Crippen LogP contribution < -0.4 is 5.76 Å². The maximum atomic E-state index is 12.7. The topological polar surface area (TPSA) is 88.4 Å². The number of likely N-dealkylation sites (tertiary alicyclic amines) is 1. The number of amides is 1. The first-order valence-corrected chi connectivity index (χ1v) is 8.18. The summed E-state index contributed by atoms with van der Waals surface area (Å²) in [5, 5.41) is 6.20. The lowest BCUT2D eigenvalue weighted by Crippen LogP contribution is -2.45. The molecule has 1 aromatic rings. The minimum Gasteiger partial charge on any atom is -0.392 e. The van der Waals surface area contributed by atoms with E-state index in [9.17, 15) is 9.59 Å². The van der Waals surface area contributed by atoms with Gasteiger partial charge in [0, 0.05) is 19.0 Å². The molecule has 2 saturated heterocycles. The molecule has 3 atom stereocenters. The Morgan fingerprint density at radius 3 is 2.77 bits per heavy atom. The van der Waals surface area contributed by atoms with Gasteiger partial charge in [-0.25, -0.2) is 9.89 Å². The van der Waals surface area contributed by atoms with Crippen molar-refractivity contribution in [3.05, 3.63) is 16.4 Å². The van der Waals surface area contributed by atoms with Gasteiger partial charge in [-0.2, -0.15) is 0 Å². The molecule has 3 heterocycles. The van der Waals surface area contributed by atoms with Crippen molar-refractivity contribution in [3.8, 4) is 0 Å². The van der Waals surface area contributed by atoms with Crippen LogP contribution in [-0.2, 0) is 9.53 Å². The van der Waals surface area contributed by atoms with Crippen LogP contribution in [0.15, 0.2) is 9.21 Å². The van der Waals surface area contributed by atoms with Crippen LogP contribution in [0.5, 0.6) is 0 Å². The highest BCUT2D eigenvalue weighted by Crippen LogP contribution is 2.41. The number of aromatic nitrogens is 2. The number of hydrogen-bond acceptors (Lipinski definition) is 5. The molecule has 2 aliphatic heterocycles. The van der Waals surface area contributed by atoms with E-state index in [1.165, 1.54) is 12.8 Å². The van der Waals surface area contributed by atoms with Gasteiger partial charge in [0.2, 0.25) is 5.89 Å². The molecule has 3 aliphatic rings. The van der Waals surface area contributed by atoms with E-state index in [1.807, 2.05) is 4.90 Å². The molecule has 1 N–H and O–H groups in total. The first-order valence-electron chi connectivity index (χ1n) is 8.18. The van der Waals surface area contributed by atoms with Gasteiger partial charge in [-0.05, 0) is 37.5 Å². The highest BCUT2D eigenvalue weighted by Gasteiger charge is 2.45. The number of hydrogen-bond donors (Lipinski definition) is 1. The van der Waals surface area contributed by atoms with Gasteiger partial charge in [-0.1, -0.05) is 6.42 Å². The van der Waals surface area contributed by atoms with Crippen molar-refractivity contribution in [3.63, 3.8) is 0 Å². The lowest BCUT2D eigenvalue weighted by molar-refractivity contribution is -0.144. The van der Waals surface area contributed by atoms with Crippen LogP contribution in [0.25, 0.3) is 0 Å². The van der Waals surface area contributed by atoms with Crippen molar-refractivity contribution < 1.29 is 13.9 Å². The van der Waals surface area contributed by atoms with Crippen LogP contribution in [0.4, 0.5) is 0 Å². The summed E-state index contributed by atoms with van der Waals surface area (Å²) in [5.74, 6) is 1.23. The third kappa shape index (κ3) is 2.37. The number of nitrogens with zero attached hydrogens (tertiary/aromatic N) is 2. The molecular weight excluding hydrogens is 286 g/mol. The van der Waals surface area contributed by atoms with Crippen molar-refractivity contribution in [2.24, 2.45) is 11.8 Å². The molecule has 1 saturated carbocycles. The van der Waals surface area contributed by atoms with Crippen LogP contribution in [0.3, 0.4) is 0 Å². The van der Waals surface area contributed by atoms with E-state index in [1.54, 1.807) is 0 Å². The number of piperidine rings is 1. The minimum absolute atomic E-state index is 0.117. The predicted octanol–water partition coefficient (Wildman–Crippen LogP) is 0.884. The number of H-pyrrole nitrogens is 1. The van der Waals surface area contributed by atoms with Crippen LogP contribution in [0.1, 0.15) is 43.9 Å². The summed E-state index contributed by atoms with van der Waals surface area (Å²) >= 11 is 0. The first kappa shape index (κ1) is 14.0. The van der Waals surface area contributed by atoms with Crippen molar-refractivity contribution in [2.45, 2.75) is 44.1 Å². The molecule has 1 aromatic heterocycles. The number of fused-ring (bicyclic) bond motifs is 1. The zero-order valence-electron chi connectivity index (χ0n) is 12.5. The van der Waals surface area contributed by atoms with E-state index in [2.05, 4.69) is 10.2 Å². The SMILES string of the molecule is O=C([C@@H]1OC[C@@H]2CCC[C@@H]21)N1CCC(c2n[nH]c(=O)o2)CC1. The zero-order valence-corrected chi connectivity index (χ0v) is 12.5. The fourth-order valence-corrected chi connectivity index (χ4v) is 4.22. The molecule has 120 valence electrons. The lowest BCUT2D eigenvalue weighted by atomic mass is 9.92. The molecule has 22 heavy (non-hydrogen) atoms. The van der Waals surface area contributed by atoms with E-state index in [0.29, 0.717) is 30.8 Å². The average Bonchev–Trinajstić information content (AvgIpc) is 3.23. The molecule has 3 fully saturated rings. The Morgan fingerprint density at radius 2 is 2.05 bits per heavy atom. The standard InChI is InChI=1S/C15H21N3O4/c19-14(12-11-3-1-2-10(11)8-21-12)18-6-4-9(5-7-18)13-16-17-15(20)22-13/h9-12H,1-8H2,(H,17,20)/t10-,11-,12+/m0/s1. The fourth-order valence-electron chi connectivity index (χ4n) is 4.22. The fraction of sp³-hybridized carbons (Fsp3) is 0.800. The van der Waals surface area contributed by atoms with Crippen molar-refractivity contribution in [1.29, 1.82) is 0 Å². The van der Waals surface area contributed by atoms with E-state index in [0.717, 1.165) is 25.9 Å². The van der Waals surface area contributed by atoms with E-state index >= 15 is 0 Å². The Balaban J connectivity index is 1.37. The molecule has 0 aromatic carbocycles. The quantitative estimate of drug-likeness (QED) is 0.876. The van der Waals surface area contributed by atoms with Crippen LogP contribution >= 0.6 is 0 Å². The summed E-state index contributed by atoms with van der Waals surface area (Å²) in [4.78, 5) is 25.6. The van der Waals surface area contributed by atoms with Gasteiger partial charge in [0.1, 0.15) is 6.10 Å². The second-order valence-electron chi connectivity index (χ2n) is 6.66. The molecule has 0 unspecified atom stereocenters. The summed E-state index contributed by atoms with van der Waals surface area (Å²) in [6, 6.07) is 0. The van der Waals surface area contributed by atoms with Crippen molar-refractivity contribution in [2.75, 3.05) is 19.7 Å². The van der Waals surface area contributed by atoms with Crippen LogP contribution in [0, 0.1) is 11.8 Å². The molecule has 0 bridgehead atoms. The van der Waals surface area contributed by atoms with Gasteiger partial charge in [0.05, 0.1) is 6.61 Å². The summed E-state index contributed by atoms with van der Waals surface area (Å²) in [7, 11) is 0. The lowest BCUT2D eigenvalue weighted by Gasteiger charge is -2.33. The third-order valence-corrected chi connectivity index (χ3v) is 5.45. The summed E-state index contributed by atoms with van der Waals surface area (Å²) in [5.41, 5.74) is 0. The van der Waals surface area contributed by atoms with Crippen molar-refractivity contribution in [1.82, 2.24) is 15.1 Å². The number of rotatable bonds is 2. The molecule has 1 amide bonds. The Labute approximate surface area is 128 Å². The van der Waals surface area contributed by atoms with Gasteiger partial charge in [-0.3, -0.25) is 4.79 Å². The summed E-state index contributed by atoms with van der Waals surface area (Å²) in [6.07, 6.45) is 4.88. The van der Waals surface area contributed by atoms with E-state index < -0.39 is 5.76 Å². The molecule has 1 aliphatic carbocycles. The summed E-state index contributed by atoms with van der Waals surface area (Å²) in [6.45, 7) is 2.10. The van der Waals surface area contributed by atoms with E-state index in [-0.39, 0.29) is 17.9 Å². The van der Waals surface area contributed by atoms with E-state index in [4.69, 9.17) is 9.15 Å². The average molecular weight is 307 g/mol. The van der Waals surface area contributed by atoms with Gasteiger partial charge in [0.15, 0.2) is 0 Å². The Hall–Kier alpha value is -1.63. The van der Waals surface area contributed by atoms with Crippen molar-refractivity contribution >= 4 is 5.91 Å². The Kier molecular flexibility index (Phi) is 3.52. The Bertz CT molecular complexity index is 602. The molecule has 0 radical (unpaired) electrons. The second-order valence-corrected chi connectivity index (χ2v) is 6.66. The zero-order chi connectivity index (χ0) is 15.1. The highest BCUT2D eigenvalue weighted by atomic mass is 16.5. The minimum atomic E-state index is -0.514. The number of carbonyl (C=O) groups is 1. The number of aromatic amines is 1. The van der Waals surface area contributed by atoms with Crippen LogP contribution in [0.2, 0.25) is 0 Å². The molecular formula is C15H21N3O4. The van der Waals surface area contributed by atoms with Gasteiger partial charge >= 0.3 is 5.76 Å². The van der Waals surface area contributed by atoms with Gasteiger partial charge in [-0.15, -0.1) is 5.10 Å². The molecule has 0 spiro atoms.